The Hall–Kier alpha value is -1.52. The maximum absolute atomic E-state index is 14.5. The molecule has 1 unspecified atom stereocenters. The molecule has 2 aromatic heterocycles. The minimum atomic E-state index is -1.12. The number of fused-ring (bicyclic) bond motifs is 2. The zero-order valence-corrected chi connectivity index (χ0v) is 15.2. The molecule has 2 aromatic rings. The summed E-state index contributed by atoms with van der Waals surface area (Å²) in [5.74, 6) is 0.355. The van der Waals surface area contributed by atoms with Crippen LogP contribution in [-0.4, -0.2) is 54.9 Å². The summed E-state index contributed by atoms with van der Waals surface area (Å²) in [5, 5.41) is 8.84. The second-order valence-electron chi connectivity index (χ2n) is 6.83. The van der Waals surface area contributed by atoms with E-state index in [-0.39, 0.29) is 18.3 Å². The van der Waals surface area contributed by atoms with Crippen LogP contribution in [0.1, 0.15) is 39.7 Å². The highest BCUT2D eigenvalue weighted by molar-refractivity contribution is 7.99. The Bertz CT molecular complexity index is 800. The van der Waals surface area contributed by atoms with E-state index in [9.17, 15) is 4.39 Å². The highest BCUT2D eigenvalue weighted by Gasteiger charge is 2.55. The summed E-state index contributed by atoms with van der Waals surface area (Å²) in [6, 6.07) is -0.342. The first-order valence-electron chi connectivity index (χ1n) is 8.40. The monoisotopic (exact) mass is 368 g/mol. The number of hydrogen-bond acceptors (Lipinski definition) is 8. The first kappa shape index (κ1) is 16.9. The van der Waals surface area contributed by atoms with Crippen molar-refractivity contribution in [1.29, 1.82) is 0 Å². The number of anilines is 1. The summed E-state index contributed by atoms with van der Waals surface area (Å²) < 4.78 is 27.7. The fraction of sp³-hybridized carbons (Fsp3) is 0.733. The third-order valence-corrected chi connectivity index (χ3v) is 5.50. The zero-order chi connectivity index (χ0) is 17.8. The number of nitrogens with two attached hydrogens (primary N) is 1. The summed E-state index contributed by atoms with van der Waals surface area (Å²) >= 11 is 1.52. The van der Waals surface area contributed by atoms with Crippen LogP contribution in [-0.2, 0) is 9.47 Å². The van der Waals surface area contributed by atoms with E-state index in [1.165, 1.54) is 11.8 Å². The second kappa shape index (κ2) is 6.03. The average molecular weight is 368 g/mol. The Morgan fingerprint density at radius 1 is 1.32 bits per heavy atom. The molecule has 1 saturated carbocycles. The van der Waals surface area contributed by atoms with E-state index >= 15 is 0 Å². The molecule has 0 radical (unpaired) electrons. The summed E-state index contributed by atoms with van der Waals surface area (Å²) in [6.45, 7) is 5.66. The largest absolute Gasteiger partial charge is 0.382 e. The lowest BCUT2D eigenvalue weighted by atomic mass is 10.2. The lowest BCUT2D eigenvalue weighted by Crippen LogP contribution is -2.28. The van der Waals surface area contributed by atoms with Gasteiger partial charge >= 0.3 is 0 Å². The topological polar surface area (TPSA) is 101 Å². The average Bonchev–Trinajstić information content (AvgIpc) is 3.18. The Kier molecular flexibility index (Phi) is 4.08. The maximum Gasteiger partial charge on any atom is 0.191 e. The van der Waals surface area contributed by atoms with E-state index < -0.39 is 24.2 Å². The normalized spacial score (nSPS) is 30.9. The number of nitrogens with zero attached hydrogens (tertiary/aromatic N) is 5. The van der Waals surface area contributed by atoms with E-state index in [0.29, 0.717) is 16.3 Å². The van der Waals surface area contributed by atoms with Crippen molar-refractivity contribution in [2.45, 2.75) is 69.0 Å². The van der Waals surface area contributed by atoms with E-state index in [4.69, 9.17) is 15.2 Å². The van der Waals surface area contributed by atoms with E-state index in [0.717, 1.165) is 12.2 Å². The molecule has 10 heteroatoms. The van der Waals surface area contributed by atoms with Gasteiger partial charge in [0, 0.05) is 12.2 Å². The van der Waals surface area contributed by atoms with Gasteiger partial charge in [0.15, 0.2) is 27.9 Å². The van der Waals surface area contributed by atoms with Crippen molar-refractivity contribution < 1.29 is 13.9 Å². The number of ether oxygens (including phenoxy) is 2. The van der Waals surface area contributed by atoms with Gasteiger partial charge in [-0.2, -0.15) is 0 Å². The van der Waals surface area contributed by atoms with Crippen LogP contribution in [0.4, 0.5) is 10.2 Å². The Labute approximate surface area is 148 Å². The van der Waals surface area contributed by atoms with E-state index in [1.54, 1.807) is 18.5 Å². The van der Waals surface area contributed by atoms with Crippen LogP contribution in [0.3, 0.4) is 0 Å². The van der Waals surface area contributed by atoms with Gasteiger partial charge in [0.25, 0.3) is 0 Å². The van der Waals surface area contributed by atoms with Gasteiger partial charge in [0.2, 0.25) is 0 Å². The van der Waals surface area contributed by atoms with Crippen molar-refractivity contribution in [2.75, 3.05) is 11.5 Å². The molecule has 4 atom stereocenters. The highest BCUT2D eigenvalue weighted by atomic mass is 32.2. The molecule has 0 spiro atoms. The molecule has 2 aliphatic rings. The smallest absolute Gasteiger partial charge is 0.191 e. The molecule has 25 heavy (non-hydrogen) atoms. The van der Waals surface area contributed by atoms with Crippen LogP contribution < -0.4 is 5.73 Å². The van der Waals surface area contributed by atoms with Crippen LogP contribution in [0.15, 0.2) is 5.16 Å². The van der Waals surface area contributed by atoms with Crippen LogP contribution in [0.2, 0.25) is 0 Å². The molecule has 1 saturated heterocycles. The van der Waals surface area contributed by atoms with Crippen LogP contribution in [0.5, 0.6) is 0 Å². The standard InChI is InChI=1S/C15H21FN6O2S/c1-4-5-25-14-18-12(17)9-13(19-14)22(21-20-9)8-6-7(16)10-11(8)24-15(2,3)23-10/h7-8,10-11H,4-6H2,1-3H3,(H2,17,18,19)/t7-,8+,10?,11-/m0/s1. The Morgan fingerprint density at radius 2 is 2.08 bits per heavy atom. The maximum atomic E-state index is 14.5. The van der Waals surface area contributed by atoms with Gasteiger partial charge < -0.3 is 15.2 Å². The van der Waals surface area contributed by atoms with Gasteiger partial charge in [0.05, 0.1) is 6.04 Å². The van der Waals surface area contributed by atoms with Crippen molar-refractivity contribution in [3.8, 4) is 0 Å². The first-order chi connectivity index (χ1) is 11.9. The molecule has 0 bridgehead atoms. The molecule has 136 valence electrons. The van der Waals surface area contributed by atoms with Gasteiger partial charge in [-0.1, -0.05) is 23.9 Å². The van der Waals surface area contributed by atoms with Gasteiger partial charge in [-0.05, 0) is 20.3 Å². The van der Waals surface area contributed by atoms with Crippen molar-refractivity contribution in [2.24, 2.45) is 0 Å². The number of alkyl halides is 1. The molecular formula is C15H21FN6O2S. The summed E-state index contributed by atoms with van der Waals surface area (Å²) in [6.07, 6.45) is -0.917. The van der Waals surface area contributed by atoms with Crippen LogP contribution >= 0.6 is 11.8 Å². The minimum absolute atomic E-state index is 0.241. The SMILES string of the molecule is CCCSc1nc(N)c2nnn([C@@H]3C[C@H](F)C4OC(C)(C)O[C@H]43)c2n1. The molecule has 8 nitrogen and oxygen atoms in total. The Morgan fingerprint density at radius 3 is 2.84 bits per heavy atom. The number of nitrogen functional groups attached to an aromatic ring is 1. The molecule has 1 aliphatic carbocycles. The zero-order valence-electron chi connectivity index (χ0n) is 14.3. The highest BCUT2D eigenvalue weighted by Crippen LogP contribution is 2.45. The van der Waals surface area contributed by atoms with Crippen molar-refractivity contribution in [3.63, 3.8) is 0 Å². The third kappa shape index (κ3) is 2.85. The molecule has 1 aliphatic heterocycles. The number of aromatic nitrogens is 5. The summed E-state index contributed by atoms with van der Waals surface area (Å²) in [4.78, 5) is 8.81. The second-order valence-corrected chi connectivity index (χ2v) is 7.89. The lowest BCUT2D eigenvalue weighted by Gasteiger charge is -2.22. The van der Waals surface area contributed by atoms with Crippen molar-refractivity contribution >= 4 is 28.7 Å². The molecular weight excluding hydrogens is 347 g/mol. The molecule has 0 amide bonds. The molecule has 2 fully saturated rings. The molecule has 0 aromatic carbocycles. The number of hydrogen-bond donors (Lipinski definition) is 1. The van der Waals surface area contributed by atoms with Crippen LogP contribution in [0, 0.1) is 0 Å². The van der Waals surface area contributed by atoms with Gasteiger partial charge in [-0.3, -0.25) is 0 Å². The van der Waals surface area contributed by atoms with Gasteiger partial charge in [-0.25, -0.2) is 19.0 Å². The third-order valence-electron chi connectivity index (χ3n) is 4.45. The summed E-state index contributed by atoms with van der Waals surface area (Å²) in [7, 11) is 0. The van der Waals surface area contributed by atoms with Gasteiger partial charge in [-0.15, -0.1) is 5.10 Å². The van der Waals surface area contributed by atoms with Crippen molar-refractivity contribution in [1.82, 2.24) is 25.0 Å². The molecule has 3 heterocycles. The quantitative estimate of drug-likeness (QED) is 0.647. The van der Waals surface area contributed by atoms with Gasteiger partial charge in [0.1, 0.15) is 18.4 Å². The van der Waals surface area contributed by atoms with Crippen molar-refractivity contribution in [3.05, 3.63) is 0 Å². The number of thioether (sulfide) groups is 1. The number of halogens is 1. The predicted molar refractivity (Wildman–Crippen MR) is 90.9 cm³/mol. The minimum Gasteiger partial charge on any atom is -0.382 e. The lowest BCUT2D eigenvalue weighted by molar-refractivity contribution is -0.161. The fourth-order valence-corrected chi connectivity index (χ4v) is 4.14. The van der Waals surface area contributed by atoms with E-state index in [1.807, 2.05) is 0 Å². The molecule has 4 rings (SSSR count). The van der Waals surface area contributed by atoms with Crippen LogP contribution in [0.25, 0.3) is 11.2 Å². The number of rotatable bonds is 4. The molecule has 2 N–H and O–H groups in total. The predicted octanol–water partition coefficient (Wildman–Crippen LogP) is 2.11. The first-order valence-corrected chi connectivity index (χ1v) is 9.39. The summed E-state index contributed by atoms with van der Waals surface area (Å²) in [5.41, 5.74) is 6.95. The Balaban J connectivity index is 1.73. The fourth-order valence-electron chi connectivity index (χ4n) is 3.44. The van der Waals surface area contributed by atoms with E-state index in [2.05, 4.69) is 27.2 Å².